The Bertz CT molecular complexity index is 956. The minimum Gasteiger partial charge on any atom is -0.321 e. The van der Waals surface area contributed by atoms with Crippen molar-refractivity contribution in [3.63, 3.8) is 0 Å². The maximum absolute atomic E-state index is 12.8. The third-order valence-electron chi connectivity index (χ3n) is 3.11. The minimum atomic E-state index is -4.60. The highest BCUT2D eigenvalue weighted by Crippen LogP contribution is 2.35. The van der Waals surface area contributed by atoms with Crippen LogP contribution < -0.4 is 5.32 Å². The van der Waals surface area contributed by atoms with Crippen LogP contribution in [0.2, 0.25) is 5.02 Å². The maximum Gasteiger partial charge on any atom is 0.417 e. The van der Waals surface area contributed by atoms with Crippen LogP contribution in [0, 0.1) is 0 Å². The van der Waals surface area contributed by atoms with E-state index in [1.165, 1.54) is 24.3 Å². The third-order valence-corrected chi connectivity index (χ3v) is 4.44. The molecular formula is C16H12ClF3N2O3S. The molecule has 26 heavy (non-hydrogen) atoms. The van der Waals surface area contributed by atoms with Crippen LogP contribution >= 0.6 is 11.6 Å². The standard InChI is InChI=1S/C16H12ClF3N2O3S/c1-26(24,25)15-7-4-11(9-21-15)22-14(23)6-3-10-2-5-13(17)12(8-10)16(18,19)20/h2-9H,1H3,(H,22,23)/b6-3-. The normalized spacial score (nSPS) is 12.3. The maximum atomic E-state index is 12.8. The van der Waals surface area contributed by atoms with E-state index in [2.05, 4.69) is 10.3 Å². The largest absolute Gasteiger partial charge is 0.417 e. The quantitative estimate of drug-likeness (QED) is 0.786. The van der Waals surface area contributed by atoms with Gasteiger partial charge in [0.15, 0.2) is 14.9 Å². The lowest BCUT2D eigenvalue weighted by Gasteiger charge is -2.09. The van der Waals surface area contributed by atoms with Crippen LogP contribution in [-0.2, 0) is 20.8 Å². The van der Waals surface area contributed by atoms with Gasteiger partial charge in [-0.15, -0.1) is 0 Å². The van der Waals surface area contributed by atoms with Crippen LogP contribution in [0.5, 0.6) is 0 Å². The molecule has 1 amide bonds. The summed E-state index contributed by atoms with van der Waals surface area (Å²) in [5.41, 5.74) is -0.621. The van der Waals surface area contributed by atoms with Gasteiger partial charge >= 0.3 is 6.18 Å². The smallest absolute Gasteiger partial charge is 0.321 e. The number of alkyl halides is 3. The van der Waals surface area contributed by atoms with Crippen molar-refractivity contribution in [1.82, 2.24) is 4.98 Å². The van der Waals surface area contributed by atoms with Crippen molar-refractivity contribution in [2.75, 3.05) is 11.6 Å². The summed E-state index contributed by atoms with van der Waals surface area (Å²) < 4.78 is 61.0. The first-order chi connectivity index (χ1) is 12.0. The van der Waals surface area contributed by atoms with E-state index in [1.54, 1.807) is 0 Å². The molecule has 1 heterocycles. The molecule has 10 heteroatoms. The summed E-state index contributed by atoms with van der Waals surface area (Å²) in [6.07, 6.45) is -0.215. The first-order valence-corrected chi connectivity index (χ1v) is 9.26. The zero-order chi connectivity index (χ0) is 19.5. The topological polar surface area (TPSA) is 76.1 Å². The second-order valence-corrected chi connectivity index (χ2v) is 7.59. The molecule has 0 radical (unpaired) electrons. The molecule has 0 saturated carbocycles. The number of hydrogen-bond acceptors (Lipinski definition) is 4. The number of pyridine rings is 1. The highest BCUT2D eigenvalue weighted by Gasteiger charge is 2.33. The van der Waals surface area contributed by atoms with E-state index in [-0.39, 0.29) is 16.3 Å². The molecule has 0 spiro atoms. The van der Waals surface area contributed by atoms with E-state index in [9.17, 15) is 26.4 Å². The van der Waals surface area contributed by atoms with Crippen LogP contribution in [-0.4, -0.2) is 25.6 Å². The van der Waals surface area contributed by atoms with Gasteiger partial charge in [0.05, 0.1) is 22.5 Å². The Hall–Kier alpha value is -2.39. The molecule has 2 rings (SSSR count). The second-order valence-electron chi connectivity index (χ2n) is 5.22. The molecular weight excluding hydrogens is 393 g/mol. The van der Waals surface area contributed by atoms with Gasteiger partial charge in [-0.05, 0) is 35.9 Å². The van der Waals surface area contributed by atoms with Gasteiger partial charge in [-0.3, -0.25) is 4.79 Å². The molecule has 0 aliphatic rings. The van der Waals surface area contributed by atoms with E-state index in [0.29, 0.717) is 0 Å². The monoisotopic (exact) mass is 404 g/mol. The van der Waals surface area contributed by atoms with Crippen LogP contribution in [0.1, 0.15) is 11.1 Å². The molecule has 0 atom stereocenters. The zero-order valence-electron chi connectivity index (χ0n) is 13.2. The molecule has 1 aromatic heterocycles. The summed E-state index contributed by atoms with van der Waals surface area (Å²) in [5.74, 6) is -0.623. The van der Waals surface area contributed by atoms with E-state index >= 15 is 0 Å². The van der Waals surface area contributed by atoms with Crippen LogP contribution in [0.25, 0.3) is 6.08 Å². The number of sulfone groups is 1. The lowest BCUT2D eigenvalue weighted by molar-refractivity contribution is -0.137. The summed E-state index contributed by atoms with van der Waals surface area (Å²) in [4.78, 5) is 15.5. The number of amides is 1. The van der Waals surface area contributed by atoms with Gasteiger partial charge in [0.1, 0.15) is 0 Å². The van der Waals surface area contributed by atoms with E-state index in [0.717, 1.165) is 30.7 Å². The number of hydrogen-bond donors (Lipinski definition) is 1. The highest BCUT2D eigenvalue weighted by molar-refractivity contribution is 7.90. The van der Waals surface area contributed by atoms with Gasteiger partial charge in [0.2, 0.25) is 5.91 Å². The lowest BCUT2D eigenvalue weighted by Crippen LogP contribution is -2.09. The Morgan fingerprint density at radius 1 is 1.23 bits per heavy atom. The van der Waals surface area contributed by atoms with Crippen molar-refractivity contribution in [3.05, 3.63) is 58.8 Å². The molecule has 2 aromatic rings. The van der Waals surface area contributed by atoms with Gasteiger partial charge < -0.3 is 5.32 Å². The van der Waals surface area contributed by atoms with Crippen molar-refractivity contribution in [2.45, 2.75) is 11.2 Å². The molecule has 138 valence electrons. The zero-order valence-corrected chi connectivity index (χ0v) is 14.8. The Balaban J connectivity index is 2.10. The van der Waals surface area contributed by atoms with Gasteiger partial charge in [0, 0.05) is 12.3 Å². The average molecular weight is 405 g/mol. The Morgan fingerprint density at radius 2 is 1.92 bits per heavy atom. The number of anilines is 1. The summed E-state index contributed by atoms with van der Waals surface area (Å²) >= 11 is 5.52. The summed E-state index contributed by atoms with van der Waals surface area (Å²) in [6.45, 7) is 0. The van der Waals surface area contributed by atoms with Crippen LogP contribution in [0.3, 0.4) is 0 Å². The van der Waals surface area contributed by atoms with Crippen molar-refractivity contribution >= 4 is 39.1 Å². The predicted molar refractivity (Wildman–Crippen MR) is 91.5 cm³/mol. The molecule has 0 unspecified atom stereocenters. The molecule has 0 aliphatic carbocycles. The number of carbonyl (C=O) groups is 1. The van der Waals surface area contributed by atoms with Gasteiger partial charge in [0.25, 0.3) is 0 Å². The highest BCUT2D eigenvalue weighted by atomic mass is 35.5. The first kappa shape index (κ1) is 19.9. The van der Waals surface area contributed by atoms with Crippen LogP contribution in [0.4, 0.5) is 18.9 Å². The van der Waals surface area contributed by atoms with Gasteiger partial charge in [-0.2, -0.15) is 13.2 Å². The number of aromatic nitrogens is 1. The molecule has 0 bridgehead atoms. The van der Waals surface area contributed by atoms with Crippen molar-refractivity contribution in [2.24, 2.45) is 0 Å². The number of benzene rings is 1. The Labute approximate surface area is 152 Å². The fourth-order valence-corrected chi connectivity index (χ4v) is 2.68. The molecule has 1 aromatic carbocycles. The van der Waals surface area contributed by atoms with E-state index in [1.807, 2.05) is 0 Å². The average Bonchev–Trinajstić information content (AvgIpc) is 2.52. The third kappa shape index (κ3) is 5.30. The Morgan fingerprint density at radius 3 is 2.46 bits per heavy atom. The van der Waals surface area contributed by atoms with Crippen molar-refractivity contribution in [3.8, 4) is 0 Å². The van der Waals surface area contributed by atoms with E-state index < -0.39 is 32.5 Å². The number of carbonyl (C=O) groups excluding carboxylic acids is 1. The lowest BCUT2D eigenvalue weighted by atomic mass is 10.1. The molecule has 0 saturated heterocycles. The van der Waals surface area contributed by atoms with Crippen LogP contribution in [0.15, 0.2) is 47.6 Å². The summed E-state index contributed by atoms with van der Waals surface area (Å²) in [6, 6.07) is 5.83. The molecule has 0 aliphatic heterocycles. The fraction of sp³-hybridized carbons (Fsp3) is 0.125. The van der Waals surface area contributed by atoms with Gasteiger partial charge in [-0.1, -0.05) is 17.7 Å². The molecule has 5 nitrogen and oxygen atoms in total. The van der Waals surface area contributed by atoms with Crippen molar-refractivity contribution in [1.29, 1.82) is 0 Å². The van der Waals surface area contributed by atoms with Crippen molar-refractivity contribution < 1.29 is 26.4 Å². The number of nitrogens with one attached hydrogen (secondary N) is 1. The minimum absolute atomic E-state index is 0.141. The SMILES string of the molecule is CS(=O)(=O)c1ccc(NC(=O)/C=C\c2ccc(Cl)c(C(F)(F)F)c2)cn1. The fourth-order valence-electron chi connectivity index (χ4n) is 1.89. The number of halogens is 4. The first-order valence-electron chi connectivity index (χ1n) is 6.99. The molecule has 0 fully saturated rings. The number of rotatable bonds is 4. The number of nitrogens with zero attached hydrogens (tertiary/aromatic N) is 1. The molecule has 1 N–H and O–H groups in total. The van der Waals surface area contributed by atoms with E-state index in [4.69, 9.17) is 11.6 Å². The summed E-state index contributed by atoms with van der Waals surface area (Å²) in [5, 5.41) is 1.84. The second kappa shape index (κ2) is 7.46. The summed E-state index contributed by atoms with van der Waals surface area (Å²) in [7, 11) is -3.45. The predicted octanol–water partition coefficient (Wildman–Crippen LogP) is 3.81. The Kier molecular flexibility index (Phi) is 5.72. The van der Waals surface area contributed by atoms with Gasteiger partial charge in [-0.25, -0.2) is 13.4 Å².